The Morgan fingerprint density at radius 3 is 2.65 bits per heavy atom. The van der Waals surface area contributed by atoms with Crippen LogP contribution in [0.2, 0.25) is 0 Å². The average Bonchev–Trinajstić information content (AvgIpc) is 2.33. The van der Waals surface area contributed by atoms with Crippen LogP contribution in [0.1, 0.15) is 32.1 Å². The molecule has 0 saturated heterocycles. The molecule has 94 valence electrons. The third kappa shape index (κ3) is 2.43. The molecule has 1 heterocycles. The lowest BCUT2D eigenvalue weighted by Crippen LogP contribution is -2.51. The number of nitrogens with zero attached hydrogens (tertiary/aromatic N) is 1. The van der Waals surface area contributed by atoms with Crippen LogP contribution >= 0.6 is 0 Å². The molecule has 1 aliphatic carbocycles. The molecule has 1 atom stereocenters. The van der Waals surface area contributed by atoms with Crippen LogP contribution in [0.5, 0.6) is 0 Å². The maximum Gasteiger partial charge on any atom is 0.335 e. The summed E-state index contributed by atoms with van der Waals surface area (Å²) >= 11 is 0. The van der Waals surface area contributed by atoms with E-state index in [0.29, 0.717) is 5.57 Å². The van der Waals surface area contributed by atoms with E-state index in [1.165, 1.54) is 17.5 Å². The van der Waals surface area contributed by atoms with Gasteiger partial charge in [0, 0.05) is 13.2 Å². The van der Waals surface area contributed by atoms with Gasteiger partial charge in [0.2, 0.25) is 0 Å². The first-order valence-electron chi connectivity index (χ1n) is 6.08. The molecule has 0 radical (unpaired) electrons. The third-order valence-electron chi connectivity index (χ3n) is 3.64. The summed E-state index contributed by atoms with van der Waals surface area (Å²) in [5.74, 6) is -0.670. The summed E-state index contributed by atoms with van der Waals surface area (Å²) in [6.07, 6.45) is 6.90. The van der Waals surface area contributed by atoms with E-state index in [0.717, 1.165) is 25.7 Å². The largest absolute Gasteiger partial charge is 0.478 e. The molecule has 0 aromatic rings. The predicted molar refractivity (Wildman–Crippen MR) is 62.4 cm³/mol. The lowest BCUT2D eigenvalue weighted by molar-refractivity contribution is -0.133. The summed E-state index contributed by atoms with van der Waals surface area (Å²) in [7, 11) is 1.56. The zero-order chi connectivity index (χ0) is 12.4. The van der Waals surface area contributed by atoms with Crippen molar-refractivity contribution in [3.63, 3.8) is 0 Å². The molecule has 0 bridgehead atoms. The second kappa shape index (κ2) is 4.77. The first kappa shape index (κ1) is 12.0. The number of rotatable bonds is 2. The van der Waals surface area contributed by atoms with Crippen molar-refractivity contribution in [3.8, 4) is 0 Å². The summed E-state index contributed by atoms with van der Waals surface area (Å²) in [5.41, 5.74) is 0.305. The summed E-state index contributed by atoms with van der Waals surface area (Å²) < 4.78 is 0. The van der Waals surface area contributed by atoms with Crippen molar-refractivity contribution in [3.05, 3.63) is 11.8 Å². The molecule has 2 aliphatic rings. The van der Waals surface area contributed by atoms with E-state index in [1.807, 2.05) is 0 Å². The number of carboxylic acids is 1. The average molecular weight is 238 g/mol. The number of amides is 2. The topological polar surface area (TPSA) is 69.6 Å². The molecular formula is C12H18N2O3. The molecule has 2 N–H and O–H groups in total. The predicted octanol–water partition coefficient (Wildman–Crippen LogP) is 1.56. The minimum atomic E-state index is -0.938. The second-order valence-electron chi connectivity index (χ2n) is 4.83. The maximum atomic E-state index is 11.6. The highest BCUT2D eigenvalue weighted by molar-refractivity contribution is 5.92. The number of hydrogen-bond donors (Lipinski definition) is 2. The fourth-order valence-corrected chi connectivity index (χ4v) is 2.69. The van der Waals surface area contributed by atoms with Crippen LogP contribution in [0.3, 0.4) is 0 Å². The van der Waals surface area contributed by atoms with Crippen molar-refractivity contribution in [1.29, 1.82) is 0 Å². The van der Waals surface area contributed by atoms with Gasteiger partial charge < -0.3 is 15.3 Å². The number of carbonyl (C=O) groups excluding carboxylic acids is 1. The number of hydrogen-bond acceptors (Lipinski definition) is 2. The van der Waals surface area contributed by atoms with Gasteiger partial charge in [-0.2, -0.15) is 0 Å². The Morgan fingerprint density at radius 1 is 1.41 bits per heavy atom. The normalized spacial score (nSPS) is 26.4. The van der Waals surface area contributed by atoms with E-state index in [1.54, 1.807) is 7.05 Å². The third-order valence-corrected chi connectivity index (χ3v) is 3.64. The van der Waals surface area contributed by atoms with Crippen molar-refractivity contribution < 1.29 is 14.7 Å². The summed E-state index contributed by atoms with van der Waals surface area (Å²) in [6, 6.07) is -0.540. The Morgan fingerprint density at radius 2 is 2.06 bits per heavy atom. The van der Waals surface area contributed by atoms with Crippen LogP contribution in [-0.2, 0) is 4.79 Å². The lowest BCUT2D eigenvalue weighted by Gasteiger charge is -2.35. The molecule has 2 amide bonds. The molecule has 2 rings (SSSR count). The van der Waals surface area contributed by atoms with Gasteiger partial charge in [0.05, 0.1) is 11.6 Å². The number of aliphatic carboxylic acids is 1. The van der Waals surface area contributed by atoms with Crippen molar-refractivity contribution in [2.24, 2.45) is 5.92 Å². The van der Waals surface area contributed by atoms with Crippen LogP contribution in [0.25, 0.3) is 0 Å². The zero-order valence-corrected chi connectivity index (χ0v) is 9.98. The number of nitrogens with one attached hydrogen (secondary N) is 1. The van der Waals surface area contributed by atoms with Crippen LogP contribution in [0.4, 0.5) is 4.79 Å². The quantitative estimate of drug-likeness (QED) is 0.767. The molecule has 5 heteroatoms. The minimum Gasteiger partial charge on any atom is -0.478 e. The van der Waals surface area contributed by atoms with Crippen molar-refractivity contribution in [2.75, 3.05) is 7.05 Å². The fourth-order valence-electron chi connectivity index (χ4n) is 2.69. The molecule has 0 aromatic carbocycles. The van der Waals surface area contributed by atoms with Crippen LogP contribution in [-0.4, -0.2) is 35.1 Å². The molecule has 0 unspecified atom stereocenters. The van der Waals surface area contributed by atoms with E-state index in [4.69, 9.17) is 0 Å². The standard InChI is InChI=1S/C12H18N2O3/c1-14-7-9(11(15)16)10(13-12(14)17)8-5-3-2-4-6-8/h7-8,10H,2-6H2,1H3,(H,13,17)(H,15,16)/t10-/m0/s1. The SMILES string of the molecule is CN1C=C(C(=O)O)[C@H](C2CCCCC2)NC1=O. The minimum absolute atomic E-state index is 0.217. The maximum absolute atomic E-state index is 11.6. The first-order chi connectivity index (χ1) is 8.09. The molecule has 1 aliphatic heterocycles. The fraction of sp³-hybridized carbons (Fsp3) is 0.667. The molecule has 17 heavy (non-hydrogen) atoms. The van der Waals surface area contributed by atoms with Gasteiger partial charge in [0.15, 0.2) is 0 Å². The summed E-state index contributed by atoms with van der Waals surface area (Å²) in [4.78, 5) is 24.1. The van der Waals surface area contributed by atoms with E-state index in [9.17, 15) is 14.7 Å². The van der Waals surface area contributed by atoms with Gasteiger partial charge in [-0.05, 0) is 18.8 Å². The van der Waals surface area contributed by atoms with E-state index in [-0.39, 0.29) is 18.0 Å². The smallest absolute Gasteiger partial charge is 0.335 e. The Bertz CT molecular complexity index is 359. The van der Waals surface area contributed by atoms with E-state index < -0.39 is 5.97 Å². The second-order valence-corrected chi connectivity index (χ2v) is 4.83. The van der Waals surface area contributed by atoms with E-state index >= 15 is 0 Å². The number of carboxylic acid groups (broad SMARTS) is 1. The number of urea groups is 1. The van der Waals surface area contributed by atoms with Gasteiger partial charge in [-0.25, -0.2) is 9.59 Å². The van der Waals surface area contributed by atoms with Gasteiger partial charge >= 0.3 is 12.0 Å². The Hall–Kier alpha value is -1.52. The summed E-state index contributed by atoms with van der Waals surface area (Å²) in [6.45, 7) is 0. The van der Waals surface area contributed by atoms with Gasteiger partial charge in [-0.3, -0.25) is 0 Å². The molecular weight excluding hydrogens is 220 g/mol. The van der Waals surface area contributed by atoms with E-state index in [2.05, 4.69) is 5.32 Å². The lowest BCUT2D eigenvalue weighted by atomic mass is 9.80. The monoisotopic (exact) mass is 238 g/mol. The van der Waals surface area contributed by atoms with Crippen molar-refractivity contribution in [2.45, 2.75) is 38.1 Å². The first-order valence-corrected chi connectivity index (χ1v) is 6.08. The van der Waals surface area contributed by atoms with Gasteiger partial charge in [0.1, 0.15) is 0 Å². The molecule has 1 fully saturated rings. The Balaban J connectivity index is 2.21. The highest BCUT2D eigenvalue weighted by Gasteiger charge is 2.35. The van der Waals surface area contributed by atoms with Crippen molar-refractivity contribution >= 4 is 12.0 Å². The molecule has 0 aromatic heterocycles. The van der Waals surface area contributed by atoms with Crippen LogP contribution < -0.4 is 5.32 Å². The Kier molecular flexibility index (Phi) is 3.36. The highest BCUT2D eigenvalue weighted by Crippen LogP contribution is 2.30. The molecule has 0 spiro atoms. The molecule has 1 saturated carbocycles. The van der Waals surface area contributed by atoms with Crippen molar-refractivity contribution in [1.82, 2.24) is 10.2 Å². The van der Waals surface area contributed by atoms with Crippen LogP contribution in [0, 0.1) is 5.92 Å². The van der Waals surface area contributed by atoms with Gasteiger partial charge in [-0.15, -0.1) is 0 Å². The van der Waals surface area contributed by atoms with Gasteiger partial charge in [-0.1, -0.05) is 19.3 Å². The van der Waals surface area contributed by atoms with Crippen LogP contribution in [0.15, 0.2) is 11.8 Å². The Labute approximate surface area is 100 Å². The number of carbonyl (C=O) groups is 2. The zero-order valence-electron chi connectivity index (χ0n) is 9.98. The molecule has 5 nitrogen and oxygen atoms in total. The van der Waals surface area contributed by atoms with Gasteiger partial charge in [0.25, 0.3) is 0 Å². The summed E-state index contributed by atoms with van der Waals surface area (Å²) in [5, 5.41) is 12.0. The highest BCUT2D eigenvalue weighted by atomic mass is 16.4.